The number of ether oxygens (including phenoxy) is 1. The van der Waals surface area contributed by atoms with Gasteiger partial charge < -0.3 is 9.84 Å². The number of quaternary nitrogens is 1. The minimum atomic E-state index is -0.821. The first kappa shape index (κ1) is 17.5. The lowest BCUT2D eigenvalue weighted by molar-refractivity contribution is -0.395. The molecular weight excluding hydrogens is 366 g/mol. The Morgan fingerprint density at radius 1 is 1.45 bits per heavy atom. The van der Waals surface area contributed by atoms with E-state index in [-0.39, 0.29) is 0 Å². The zero-order chi connectivity index (χ0) is 16.2. The molecule has 1 fully saturated rings. The molecule has 0 unspecified atom stereocenters. The quantitative estimate of drug-likeness (QED) is 0.565. The standard InChI is InChI=1S/C16H20BrNO3S/c1-11-10-12(15(19)21-2)6-9-18-22-14(13(11)17)16(20)7-4-3-5-8-16/h6,9-10,18,20H,1,3-5,7-8H2,2H3/p+1/b9-6-,12-10+,14-13+. The van der Waals surface area contributed by atoms with Crippen molar-refractivity contribution in [2.45, 2.75) is 37.7 Å². The van der Waals surface area contributed by atoms with Gasteiger partial charge in [-0.2, -0.15) is 0 Å². The highest BCUT2D eigenvalue weighted by Gasteiger charge is 2.37. The van der Waals surface area contributed by atoms with Crippen LogP contribution in [-0.4, -0.2) is 23.8 Å². The molecule has 1 heterocycles. The molecule has 3 N–H and O–H groups in total. The molecule has 2 rings (SSSR count). The summed E-state index contributed by atoms with van der Waals surface area (Å²) in [7, 11) is 1.35. The Morgan fingerprint density at radius 2 is 2.14 bits per heavy atom. The second-order valence-electron chi connectivity index (χ2n) is 5.46. The molecule has 22 heavy (non-hydrogen) atoms. The zero-order valence-corrected chi connectivity index (χ0v) is 15.0. The van der Waals surface area contributed by atoms with Crippen LogP contribution in [0.2, 0.25) is 0 Å². The largest absolute Gasteiger partial charge is 0.465 e. The molecule has 2 aliphatic rings. The van der Waals surface area contributed by atoms with Crippen LogP contribution in [0.3, 0.4) is 0 Å². The lowest BCUT2D eigenvalue weighted by Crippen LogP contribution is -2.69. The number of carbonyl (C=O) groups is 1. The molecule has 0 atom stereocenters. The molecule has 120 valence electrons. The third-order valence-electron chi connectivity index (χ3n) is 3.88. The first-order chi connectivity index (χ1) is 10.5. The smallest absolute Gasteiger partial charge is 0.338 e. The topological polar surface area (TPSA) is 63.1 Å². The van der Waals surface area contributed by atoms with Gasteiger partial charge in [-0.15, -0.1) is 0 Å². The highest BCUT2D eigenvalue weighted by Crippen LogP contribution is 2.42. The van der Waals surface area contributed by atoms with Crippen LogP contribution in [0.15, 0.2) is 45.5 Å². The first-order valence-electron chi connectivity index (χ1n) is 7.26. The van der Waals surface area contributed by atoms with Crippen LogP contribution in [0, 0.1) is 0 Å². The van der Waals surface area contributed by atoms with Crippen molar-refractivity contribution in [1.82, 2.24) is 0 Å². The maximum atomic E-state index is 11.8. The van der Waals surface area contributed by atoms with Gasteiger partial charge in [0.15, 0.2) is 0 Å². The number of esters is 1. The van der Waals surface area contributed by atoms with Crippen molar-refractivity contribution in [1.29, 1.82) is 0 Å². The van der Waals surface area contributed by atoms with E-state index in [1.54, 1.807) is 18.4 Å². The van der Waals surface area contributed by atoms with Gasteiger partial charge >= 0.3 is 5.97 Å². The Morgan fingerprint density at radius 3 is 2.77 bits per heavy atom. The van der Waals surface area contributed by atoms with Crippen LogP contribution in [-0.2, 0) is 9.53 Å². The Kier molecular flexibility index (Phi) is 6.09. The number of methoxy groups -OCH3 is 1. The van der Waals surface area contributed by atoms with Gasteiger partial charge in [-0.3, -0.25) is 4.72 Å². The third-order valence-corrected chi connectivity index (χ3v) is 6.16. The van der Waals surface area contributed by atoms with Crippen molar-refractivity contribution >= 4 is 33.8 Å². The molecule has 6 heteroatoms. The van der Waals surface area contributed by atoms with Gasteiger partial charge in [-0.25, -0.2) is 4.79 Å². The molecule has 1 aliphatic carbocycles. The average molecular weight is 387 g/mol. The number of carbonyl (C=O) groups excluding carboxylic acids is 1. The van der Waals surface area contributed by atoms with Crippen molar-refractivity contribution in [3.63, 3.8) is 0 Å². The summed E-state index contributed by atoms with van der Waals surface area (Å²) in [5, 5.41) is 11.0. The SMILES string of the molecule is C=C1/C=C(C(=O)OC)\C=C/[NH2+]S/C(C2(O)CCCCC2)=C\1Br. The maximum Gasteiger partial charge on any atom is 0.338 e. The lowest BCUT2D eigenvalue weighted by atomic mass is 9.84. The summed E-state index contributed by atoms with van der Waals surface area (Å²) >= 11 is 5.04. The van der Waals surface area contributed by atoms with E-state index >= 15 is 0 Å². The minimum absolute atomic E-state index is 0.407. The molecule has 1 saturated carbocycles. The highest BCUT2D eigenvalue weighted by atomic mass is 79.9. The van der Waals surface area contributed by atoms with Crippen LogP contribution >= 0.6 is 27.9 Å². The Labute approximate surface area is 143 Å². The Bertz CT molecular complexity index is 560. The summed E-state index contributed by atoms with van der Waals surface area (Å²) < 4.78 is 7.40. The molecule has 0 amide bonds. The fourth-order valence-corrected chi connectivity index (χ4v) is 4.38. The molecule has 4 nitrogen and oxygen atoms in total. The molecule has 0 bridgehead atoms. The van der Waals surface area contributed by atoms with E-state index in [0.717, 1.165) is 41.5 Å². The zero-order valence-electron chi connectivity index (χ0n) is 12.6. The summed E-state index contributed by atoms with van der Waals surface area (Å²) in [6.45, 7) is 4.02. The van der Waals surface area contributed by atoms with Gasteiger partial charge in [0.1, 0.15) is 23.7 Å². The third kappa shape index (κ3) is 3.93. The predicted octanol–water partition coefficient (Wildman–Crippen LogP) is 2.68. The van der Waals surface area contributed by atoms with Crippen molar-refractivity contribution in [2.24, 2.45) is 0 Å². The molecule has 0 radical (unpaired) electrons. The molecule has 0 aromatic carbocycles. The van der Waals surface area contributed by atoms with Gasteiger partial charge in [-0.1, -0.05) is 25.8 Å². The van der Waals surface area contributed by atoms with Crippen LogP contribution < -0.4 is 4.72 Å². The van der Waals surface area contributed by atoms with Crippen LogP contribution in [0.1, 0.15) is 32.1 Å². The van der Waals surface area contributed by atoms with Gasteiger partial charge in [0.25, 0.3) is 0 Å². The summed E-state index contributed by atoms with van der Waals surface area (Å²) in [5.41, 5.74) is 0.263. The van der Waals surface area contributed by atoms with Crippen LogP contribution in [0.25, 0.3) is 0 Å². The van der Waals surface area contributed by atoms with Crippen LogP contribution in [0.4, 0.5) is 0 Å². The van der Waals surface area contributed by atoms with Crippen molar-refractivity contribution in [2.75, 3.05) is 7.11 Å². The number of nitrogens with two attached hydrogens (primary N) is 1. The number of aliphatic hydroxyl groups is 1. The minimum Gasteiger partial charge on any atom is -0.465 e. The van der Waals surface area contributed by atoms with Gasteiger partial charge in [0.2, 0.25) is 0 Å². The first-order valence-corrected chi connectivity index (χ1v) is 8.93. The van der Waals surface area contributed by atoms with E-state index in [4.69, 9.17) is 4.74 Å². The van der Waals surface area contributed by atoms with Crippen molar-refractivity contribution < 1.29 is 19.4 Å². The van der Waals surface area contributed by atoms with E-state index in [1.165, 1.54) is 19.1 Å². The van der Waals surface area contributed by atoms with Gasteiger partial charge in [0, 0.05) is 10.6 Å². The fraction of sp³-hybridized carbons (Fsp3) is 0.438. The monoisotopic (exact) mass is 386 g/mol. The van der Waals surface area contributed by atoms with Crippen LogP contribution in [0.5, 0.6) is 0 Å². The van der Waals surface area contributed by atoms with Crippen molar-refractivity contribution in [3.05, 3.63) is 45.5 Å². The molecule has 0 aromatic heterocycles. The summed E-state index contributed by atoms with van der Waals surface area (Å²) in [6.07, 6.45) is 9.87. The van der Waals surface area contributed by atoms with E-state index in [0.29, 0.717) is 11.1 Å². The van der Waals surface area contributed by atoms with Gasteiger partial charge in [0.05, 0.1) is 17.6 Å². The number of hydrogen-bond donors (Lipinski definition) is 2. The highest BCUT2D eigenvalue weighted by molar-refractivity contribution is 9.12. The van der Waals surface area contributed by atoms with E-state index in [9.17, 15) is 9.90 Å². The second kappa shape index (κ2) is 7.64. The number of rotatable bonds is 2. The second-order valence-corrected chi connectivity index (χ2v) is 7.17. The predicted molar refractivity (Wildman–Crippen MR) is 91.9 cm³/mol. The Hall–Kier alpha value is -0.820. The van der Waals surface area contributed by atoms with E-state index < -0.39 is 11.6 Å². The summed E-state index contributed by atoms with van der Waals surface area (Å²) in [6, 6.07) is 0. The summed E-state index contributed by atoms with van der Waals surface area (Å²) in [4.78, 5) is 12.6. The molecule has 0 spiro atoms. The molecule has 0 aromatic rings. The van der Waals surface area contributed by atoms with Crippen molar-refractivity contribution in [3.8, 4) is 0 Å². The Balaban J connectivity index is 2.39. The van der Waals surface area contributed by atoms with Gasteiger partial charge in [-0.05, 0) is 40.4 Å². The fourth-order valence-electron chi connectivity index (χ4n) is 2.67. The molecule has 1 aliphatic heterocycles. The van der Waals surface area contributed by atoms with E-state index in [2.05, 4.69) is 22.5 Å². The molecular formula is C16H21BrNO3S+. The average Bonchev–Trinajstić information content (AvgIpc) is 2.58. The summed E-state index contributed by atoms with van der Waals surface area (Å²) in [5.74, 6) is -0.407. The number of hydrogen-bond acceptors (Lipinski definition) is 4. The number of halogens is 1. The lowest BCUT2D eigenvalue weighted by Gasteiger charge is -2.33. The molecule has 0 saturated heterocycles. The normalized spacial score (nSPS) is 29.6. The van der Waals surface area contributed by atoms with E-state index in [1.807, 2.05) is 4.72 Å². The maximum absolute atomic E-state index is 11.8. The number of allylic oxidation sites excluding steroid dienone is 3.